The Morgan fingerprint density at radius 2 is 1.68 bits per heavy atom. The average Bonchev–Trinajstić information content (AvgIpc) is 2.87. The summed E-state index contributed by atoms with van der Waals surface area (Å²) in [7, 11) is 1.42. The molecule has 0 unspecified atom stereocenters. The first-order valence-electron chi connectivity index (χ1n) is 7.95. The molecule has 2 N–H and O–H groups in total. The van der Waals surface area contributed by atoms with Gasteiger partial charge >= 0.3 is 0 Å². The number of ketones is 2. The molecular formula is C19H18O6. The van der Waals surface area contributed by atoms with Crippen LogP contribution in [-0.4, -0.2) is 34.7 Å². The lowest BCUT2D eigenvalue weighted by Gasteiger charge is -2.31. The van der Waals surface area contributed by atoms with Crippen molar-refractivity contribution in [3.05, 3.63) is 28.3 Å². The Labute approximate surface area is 144 Å². The molecule has 0 saturated heterocycles. The molecule has 6 nitrogen and oxygen atoms in total. The van der Waals surface area contributed by atoms with Crippen molar-refractivity contribution in [3.63, 3.8) is 0 Å². The maximum absolute atomic E-state index is 12.6. The largest absolute Gasteiger partial charge is 0.507 e. The lowest BCUT2D eigenvalue weighted by atomic mass is 9.77. The van der Waals surface area contributed by atoms with Crippen molar-refractivity contribution >= 4 is 22.3 Å². The maximum atomic E-state index is 12.6. The number of carbonyl (C=O) groups is 2. The third-order valence-corrected chi connectivity index (χ3v) is 5.63. The highest BCUT2D eigenvalue weighted by molar-refractivity contribution is 6.58. The summed E-state index contributed by atoms with van der Waals surface area (Å²) in [5, 5.41) is 22.4. The molecule has 1 aliphatic heterocycles. The van der Waals surface area contributed by atoms with Crippen molar-refractivity contribution in [2.24, 2.45) is 0 Å². The summed E-state index contributed by atoms with van der Waals surface area (Å²) in [5.74, 6) is -2.78. The maximum Gasteiger partial charge on any atom is 0.238 e. The number of ether oxygens (including phenoxy) is 2. The number of aliphatic hydroxyl groups is 1. The van der Waals surface area contributed by atoms with Crippen LogP contribution in [0.1, 0.15) is 52.6 Å². The van der Waals surface area contributed by atoms with Crippen LogP contribution in [0.3, 0.4) is 0 Å². The normalized spacial score (nSPS) is 23.1. The van der Waals surface area contributed by atoms with Crippen LogP contribution >= 0.6 is 0 Å². The molecule has 0 aromatic heterocycles. The summed E-state index contributed by atoms with van der Waals surface area (Å²) >= 11 is 0. The van der Waals surface area contributed by atoms with Gasteiger partial charge in [-0.05, 0) is 32.4 Å². The Morgan fingerprint density at radius 3 is 2.28 bits per heavy atom. The zero-order valence-electron chi connectivity index (χ0n) is 14.6. The van der Waals surface area contributed by atoms with Crippen LogP contribution in [0.25, 0.3) is 10.8 Å². The second kappa shape index (κ2) is 4.32. The molecule has 1 heterocycles. The summed E-state index contributed by atoms with van der Waals surface area (Å²) in [6.07, 6.45) is 0. The molecule has 0 saturated carbocycles. The van der Waals surface area contributed by atoms with Gasteiger partial charge in [-0.3, -0.25) is 9.59 Å². The minimum atomic E-state index is -1.57. The summed E-state index contributed by atoms with van der Waals surface area (Å²) < 4.78 is 11.1. The Morgan fingerprint density at radius 1 is 1.08 bits per heavy atom. The Kier molecular flexibility index (Phi) is 2.75. The molecule has 2 aromatic carbocycles. The SMILES string of the molecule is COc1cc(C)c2c3c(c(O)c4c2c1C(=O)C4=O)C(C)(C)[C@@](C)(O)O3. The number of carbonyl (C=O) groups excluding carboxylic acids is 2. The van der Waals surface area contributed by atoms with Crippen LogP contribution in [0, 0.1) is 6.92 Å². The predicted octanol–water partition coefficient (Wildman–Crippen LogP) is 2.62. The summed E-state index contributed by atoms with van der Waals surface area (Å²) in [4.78, 5) is 25.1. The second-order valence-electron chi connectivity index (χ2n) is 7.32. The molecule has 0 amide bonds. The number of methoxy groups -OCH3 is 1. The third-order valence-electron chi connectivity index (χ3n) is 5.63. The number of phenolic OH excluding ortho intramolecular Hbond substituents is 1. The molecule has 1 aliphatic carbocycles. The number of benzene rings is 2. The van der Waals surface area contributed by atoms with Crippen LogP contribution in [0.5, 0.6) is 17.2 Å². The number of phenols is 1. The molecule has 0 fully saturated rings. The van der Waals surface area contributed by atoms with Crippen LogP contribution in [-0.2, 0) is 5.41 Å². The molecule has 4 rings (SSSR count). The molecule has 130 valence electrons. The third kappa shape index (κ3) is 1.58. The first-order valence-corrected chi connectivity index (χ1v) is 7.95. The molecule has 1 atom stereocenters. The minimum Gasteiger partial charge on any atom is -0.507 e. The van der Waals surface area contributed by atoms with E-state index in [1.165, 1.54) is 14.0 Å². The Hall–Kier alpha value is -2.60. The van der Waals surface area contributed by atoms with Gasteiger partial charge < -0.3 is 19.7 Å². The summed E-state index contributed by atoms with van der Waals surface area (Å²) in [5.41, 5.74) is 0.181. The van der Waals surface area contributed by atoms with E-state index in [9.17, 15) is 19.8 Å². The molecule has 0 bridgehead atoms. The van der Waals surface area contributed by atoms with E-state index in [0.29, 0.717) is 22.1 Å². The van der Waals surface area contributed by atoms with Crippen molar-refractivity contribution in [3.8, 4) is 17.2 Å². The van der Waals surface area contributed by atoms with E-state index in [2.05, 4.69) is 0 Å². The zero-order valence-corrected chi connectivity index (χ0v) is 14.6. The van der Waals surface area contributed by atoms with Gasteiger partial charge in [-0.15, -0.1) is 0 Å². The summed E-state index contributed by atoms with van der Waals surface area (Å²) in [6, 6.07) is 1.67. The van der Waals surface area contributed by atoms with Crippen molar-refractivity contribution in [2.45, 2.75) is 38.9 Å². The number of fused-ring (bicyclic) bond motifs is 2. The molecule has 25 heavy (non-hydrogen) atoms. The van der Waals surface area contributed by atoms with Crippen LogP contribution in [0.15, 0.2) is 6.07 Å². The van der Waals surface area contributed by atoms with Crippen LogP contribution < -0.4 is 9.47 Å². The van der Waals surface area contributed by atoms with Gasteiger partial charge in [0.15, 0.2) is 0 Å². The van der Waals surface area contributed by atoms with Gasteiger partial charge in [0.05, 0.1) is 23.7 Å². The number of Topliss-reactive ketones (excluding diaryl/α,β-unsaturated/α-hetero) is 2. The number of hydrogen-bond donors (Lipinski definition) is 2. The fourth-order valence-corrected chi connectivity index (χ4v) is 3.88. The lowest BCUT2D eigenvalue weighted by Crippen LogP contribution is -2.44. The fourth-order valence-electron chi connectivity index (χ4n) is 3.88. The van der Waals surface area contributed by atoms with Gasteiger partial charge in [0.1, 0.15) is 17.2 Å². The van der Waals surface area contributed by atoms with Crippen LogP contribution in [0.4, 0.5) is 0 Å². The topological polar surface area (TPSA) is 93.1 Å². The lowest BCUT2D eigenvalue weighted by molar-refractivity contribution is -0.148. The second-order valence-corrected chi connectivity index (χ2v) is 7.32. The van der Waals surface area contributed by atoms with Gasteiger partial charge in [0.25, 0.3) is 0 Å². The minimum absolute atomic E-state index is 0.0369. The van der Waals surface area contributed by atoms with Gasteiger partial charge in [0.2, 0.25) is 17.4 Å². The van der Waals surface area contributed by atoms with Crippen molar-refractivity contribution < 1.29 is 29.3 Å². The fraction of sp³-hybridized carbons (Fsp3) is 0.368. The smallest absolute Gasteiger partial charge is 0.238 e. The first kappa shape index (κ1) is 15.9. The molecular weight excluding hydrogens is 324 g/mol. The Bertz CT molecular complexity index is 1010. The highest BCUT2D eigenvalue weighted by Gasteiger charge is 2.55. The zero-order chi connectivity index (χ0) is 18.5. The average molecular weight is 342 g/mol. The monoisotopic (exact) mass is 342 g/mol. The van der Waals surface area contributed by atoms with E-state index in [0.717, 1.165) is 5.56 Å². The first-order chi connectivity index (χ1) is 11.5. The van der Waals surface area contributed by atoms with Gasteiger partial charge in [0, 0.05) is 23.3 Å². The number of rotatable bonds is 1. The number of aryl methyl sites for hydroxylation is 1. The predicted molar refractivity (Wildman–Crippen MR) is 89.8 cm³/mol. The summed E-state index contributed by atoms with van der Waals surface area (Å²) in [6.45, 7) is 6.76. The quantitative estimate of drug-likeness (QED) is 0.774. The van der Waals surface area contributed by atoms with E-state index in [1.807, 2.05) is 0 Å². The highest BCUT2D eigenvalue weighted by atomic mass is 16.6. The standard InChI is InChI=1S/C19H18O6/c1-7-6-8(24-5)10-11-9(7)17-13(18(2,3)19(4,23)25-17)14(20)12(11)16(22)15(10)21/h6,20,23H,1-5H3/t19-/m0/s1. The van der Waals surface area contributed by atoms with E-state index < -0.39 is 22.8 Å². The number of hydrogen-bond acceptors (Lipinski definition) is 6. The molecule has 2 aromatic rings. The molecule has 2 aliphatic rings. The van der Waals surface area contributed by atoms with Crippen molar-refractivity contribution in [2.75, 3.05) is 7.11 Å². The molecule has 6 heteroatoms. The van der Waals surface area contributed by atoms with E-state index >= 15 is 0 Å². The Balaban J connectivity index is 2.30. The van der Waals surface area contributed by atoms with Gasteiger partial charge in [-0.1, -0.05) is 0 Å². The molecule has 0 spiro atoms. The van der Waals surface area contributed by atoms with E-state index in [4.69, 9.17) is 9.47 Å². The molecule has 0 radical (unpaired) electrons. The highest BCUT2D eigenvalue weighted by Crippen LogP contribution is 2.58. The van der Waals surface area contributed by atoms with Crippen LogP contribution in [0.2, 0.25) is 0 Å². The van der Waals surface area contributed by atoms with Gasteiger partial charge in [-0.25, -0.2) is 0 Å². The number of aromatic hydroxyl groups is 1. The van der Waals surface area contributed by atoms with Gasteiger partial charge in [-0.2, -0.15) is 0 Å². The van der Waals surface area contributed by atoms with E-state index in [1.54, 1.807) is 26.8 Å². The van der Waals surface area contributed by atoms with Crippen molar-refractivity contribution in [1.29, 1.82) is 0 Å². The van der Waals surface area contributed by atoms with E-state index in [-0.39, 0.29) is 22.6 Å². The van der Waals surface area contributed by atoms with Crippen molar-refractivity contribution in [1.82, 2.24) is 0 Å².